The molecular formula is C40H50F2N6O3. The summed E-state index contributed by atoms with van der Waals surface area (Å²) < 4.78 is 31.2. The number of rotatable bonds is 8. The molecule has 2 N–H and O–H groups in total. The van der Waals surface area contributed by atoms with Crippen LogP contribution in [0.25, 0.3) is 16.5 Å². The van der Waals surface area contributed by atoms with Crippen molar-refractivity contribution < 1.29 is 23.2 Å². The van der Waals surface area contributed by atoms with Crippen LogP contribution in [0.2, 0.25) is 0 Å². The second kappa shape index (κ2) is 15.0. The van der Waals surface area contributed by atoms with Gasteiger partial charge < -0.3 is 19.7 Å². The molecule has 9 nitrogen and oxygen atoms in total. The lowest BCUT2D eigenvalue weighted by Gasteiger charge is -2.42. The lowest BCUT2D eigenvalue weighted by atomic mass is 9.79. The second-order valence-electron chi connectivity index (χ2n) is 15.2. The Morgan fingerprint density at radius 3 is 2.41 bits per heavy atom. The minimum atomic E-state index is -0.481. The second-order valence-corrected chi connectivity index (χ2v) is 15.2. The predicted octanol–water partition coefficient (Wildman–Crippen LogP) is 5.27. The third-order valence-corrected chi connectivity index (χ3v) is 11.7. The predicted molar refractivity (Wildman–Crippen MR) is 195 cm³/mol. The van der Waals surface area contributed by atoms with Gasteiger partial charge in [0.25, 0.3) is 5.91 Å². The fraction of sp³-hybridized carbons (Fsp3) is 0.525. The summed E-state index contributed by atoms with van der Waals surface area (Å²) in [6.45, 7) is 6.28. The van der Waals surface area contributed by atoms with Crippen molar-refractivity contribution in [3.63, 3.8) is 0 Å². The molecule has 4 aliphatic rings. The lowest BCUT2D eigenvalue weighted by molar-refractivity contribution is -0.134. The number of piperazine rings is 1. The molecule has 1 aromatic heterocycles. The zero-order chi connectivity index (χ0) is 35.8. The molecule has 2 saturated heterocycles. The van der Waals surface area contributed by atoms with Crippen molar-refractivity contribution in [1.82, 2.24) is 29.9 Å². The van der Waals surface area contributed by atoms with Crippen molar-refractivity contribution in [1.29, 1.82) is 0 Å². The number of hydrogen-bond donors (Lipinski definition) is 2. The molecule has 0 bridgehead atoms. The molecule has 1 aliphatic carbocycles. The van der Waals surface area contributed by atoms with Crippen LogP contribution >= 0.6 is 0 Å². The molecule has 0 radical (unpaired) electrons. The summed E-state index contributed by atoms with van der Waals surface area (Å²) >= 11 is 0. The van der Waals surface area contributed by atoms with Crippen molar-refractivity contribution in [2.45, 2.75) is 69.2 Å². The number of fused-ring (bicyclic) bond motifs is 1. The van der Waals surface area contributed by atoms with Gasteiger partial charge >= 0.3 is 0 Å². The zero-order valence-electron chi connectivity index (χ0n) is 30.1. The Morgan fingerprint density at radius 1 is 0.961 bits per heavy atom. The van der Waals surface area contributed by atoms with E-state index in [1.165, 1.54) is 11.0 Å². The first-order chi connectivity index (χ1) is 24.5. The van der Waals surface area contributed by atoms with E-state index >= 15 is 8.78 Å². The van der Waals surface area contributed by atoms with E-state index in [9.17, 15) is 14.4 Å². The molecule has 1 saturated carbocycles. The number of halogens is 2. The third-order valence-electron chi connectivity index (χ3n) is 11.7. The fourth-order valence-corrected chi connectivity index (χ4v) is 8.68. The Hall–Kier alpha value is -3.93. The molecule has 7 rings (SSSR count). The normalized spacial score (nSPS) is 24.1. The van der Waals surface area contributed by atoms with Gasteiger partial charge in [0.2, 0.25) is 11.8 Å². The van der Waals surface area contributed by atoms with Crippen LogP contribution in [0.15, 0.2) is 36.4 Å². The Balaban J connectivity index is 0.965. The zero-order valence-corrected chi connectivity index (χ0v) is 30.1. The summed E-state index contributed by atoms with van der Waals surface area (Å²) in [5.74, 6) is -1.53. The number of carbonyl (C=O) groups excluding carboxylic acids is 3. The van der Waals surface area contributed by atoms with Gasteiger partial charge in [-0.25, -0.2) is 8.78 Å². The van der Waals surface area contributed by atoms with Gasteiger partial charge in [0.15, 0.2) is 5.82 Å². The highest BCUT2D eigenvalue weighted by Crippen LogP contribution is 2.41. The summed E-state index contributed by atoms with van der Waals surface area (Å²) in [6, 6.07) is 9.52. The number of imide groups is 1. The minimum absolute atomic E-state index is 0.162. The topological polar surface area (TPSA) is 92.0 Å². The Labute approximate surface area is 299 Å². The molecule has 11 heteroatoms. The first kappa shape index (κ1) is 35.5. The molecule has 272 valence electrons. The molecule has 1 unspecified atom stereocenters. The molecular weight excluding hydrogens is 650 g/mol. The number of hydrogen-bond acceptors (Lipinski definition) is 6. The van der Waals surface area contributed by atoms with Crippen LogP contribution in [0, 0.1) is 11.6 Å². The number of nitrogens with zero attached hydrogens (tertiary/aromatic N) is 4. The molecule has 3 fully saturated rings. The van der Waals surface area contributed by atoms with Crippen LogP contribution in [0.1, 0.15) is 89.5 Å². The molecule has 0 spiro atoms. The SMILES string of the molecule is CN1CCC=C(c2cc(C3CCC(N4CCN(CCc5ccc(C6CCC(=O)NC6=O)cc5F)CC4)CC3)c3cc(C(=O)N(C)C)[nH]c3c2F)C1. The highest BCUT2D eigenvalue weighted by atomic mass is 19.1. The molecule has 3 aromatic rings. The summed E-state index contributed by atoms with van der Waals surface area (Å²) in [7, 11) is 5.50. The number of H-pyrrole nitrogens is 1. The van der Waals surface area contributed by atoms with Gasteiger partial charge in [0.05, 0.1) is 11.4 Å². The average molecular weight is 701 g/mol. The van der Waals surface area contributed by atoms with E-state index in [4.69, 9.17) is 0 Å². The molecule has 3 aliphatic heterocycles. The number of amides is 3. The highest BCUT2D eigenvalue weighted by molar-refractivity contribution is 6.01. The maximum Gasteiger partial charge on any atom is 0.269 e. The Morgan fingerprint density at radius 2 is 1.73 bits per heavy atom. The van der Waals surface area contributed by atoms with Crippen LogP contribution in [0.4, 0.5) is 8.78 Å². The smallest absolute Gasteiger partial charge is 0.269 e. The number of nitrogens with one attached hydrogen (secondary N) is 2. The van der Waals surface area contributed by atoms with E-state index in [0.717, 1.165) is 87.9 Å². The average Bonchev–Trinajstić information content (AvgIpc) is 3.57. The van der Waals surface area contributed by atoms with Gasteiger partial charge in [-0.15, -0.1) is 0 Å². The lowest BCUT2D eigenvalue weighted by Crippen LogP contribution is -2.51. The third kappa shape index (κ3) is 7.52. The van der Waals surface area contributed by atoms with Crippen LogP contribution in [-0.4, -0.2) is 115 Å². The largest absolute Gasteiger partial charge is 0.348 e. The number of aromatic nitrogens is 1. The van der Waals surface area contributed by atoms with Gasteiger partial charge in [0, 0.05) is 83.3 Å². The summed E-state index contributed by atoms with van der Waals surface area (Å²) in [4.78, 5) is 48.6. The van der Waals surface area contributed by atoms with Crippen LogP contribution in [0.3, 0.4) is 0 Å². The van der Waals surface area contributed by atoms with Crippen LogP contribution < -0.4 is 5.32 Å². The number of likely N-dealkylation sites (N-methyl/N-ethyl adjacent to an activating group) is 1. The van der Waals surface area contributed by atoms with Gasteiger partial charge in [-0.3, -0.25) is 24.6 Å². The summed E-state index contributed by atoms with van der Waals surface area (Å²) in [5.41, 5.74) is 4.94. The van der Waals surface area contributed by atoms with Crippen LogP contribution in [0.5, 0.6) is 0 Å². The first-order valence-electron chi connectivity index (χ1n) is 18.6. The maximum atomic E-state index is 16.2. The van der Waals surface area contributed by atoms with Crippen molar-refractivity contribution in [3.8, 4) is 0 Å². The monoisotopic (exact) mass is 700 g/mol. The van der Waals surface area contributed by atoms with Crippen molar-refractivity contribution in [3.05, 3.63) is 76.0 Å². The number of carbonyl (C=O) groups is 3. The van der Waals surface area contributed by atoms with E-state index < -0.39 is 5.92 Å². The number of aromatic amines is 1. The standard InChI is InChI=1S/C40H50F2N6O3/c1-45(2)40(51)35-23-33-31(22-32(37(42)38(33)43-35)28-5-4-15-46(3)24-28)25-8-10-29(11-9-25)48-19-17-47(18-20-48)16-14-26-6-7-27(21-34(26)41)30-12-13-36(49)44-39(30)50/h5-7,21-23,25,29-30,43H,4,8-20,24H2,1-3H3,(H,44,49,50). The fourth-order valence-electron chi connectivity index (χ4n) is 8.68. The van der Waals surface area contributed by atoms with E-state index in [0.29, 0.717) is 59.2 Å². The van der Waals surface area contributed by atoms with Crippen molar-refractivity contribution in [2.24, 2.45) is 0 Å². The molecule has 4 heterocycles. The van der Waals surface area contributed by atoms with Gasteiger partial charge in [0.1, 0.15) is 11.5 Å². The number of benzene rings is 2. The number of piperidine rings is 1. The molecule has 3 amide bonds. The van der Waals surface area contributed by atoms with E-state index in [-0.39, 0.29) is 35.8 Å². The highest BCUT2D eigenvalue weighted by Gasteiger charge is 2.32. The van der Waals surface area contributed by atoms with E-state index in [1.54, 1.807) is 20.2 Å². The van der Waals surface area contributed by atoms with Crippen molar-refractivity contribution >= 4 is 34.2 Å². The Bertz CT molecular complexity index is 1840. The van der Waals surface area contributed by atoms with Crippen LogP contribution in [-0.2, 0) is 16.0 Å². The summed E-state index contributed by atoms with van der Waals surface area (Å²) in [6.07, 6.45) is 8.52. The molecule has 2 aromatic carbocycles. The summed E-state index contributed by atoms with van der Waals surface area (Å²) in [5, 5.41) is 3.18. The molecule has 1 atom stereocenters. The molecule has 51 heavy (non-hydrogen) atoms. The van der Waals surface area contributed by atoms with Gasteiger partial charge in [-0.2, -0.15) is 0 Å². The quantitative estimate of drug-likeness (QED) is 0.311. The van der Waals surface area contributed by atoms with E-state index in [2.05, 4.69) is 44.2 Å². The first-order valence-corrected chi connectivity index (χ1v) is 18.6. The van der Waals surface area contributed by atoms with Gasteiger partial charge in [-0.1, -0.05) is 18.2 Å². The Kier molecular flexibility index (Phi) is 10.4. The van der Waals surface area contributed by atoms with Crippen molar-refractivity contribution in [2.75, 3.05) is 67.0 Å². The maximum absolute atomic E-state index is 16.2. The minimum Gasteiger partial charge on any atom is -0.348 e. The van der Waals surface area contributed by atoms with Gasteiger partial charge in [-0.05, 0) is 98.4 Å². The van der Waals surface area contributed by atoms with E-state index in [1.807, 2.05) is 12.1 Å².